The maximum absolute atomic E-state index is 13.2. The highest BCUT2D eigenvalue weighted by molar-refractivity contribution is 6.02. The number of alkyl halides is 3. The summed E-state index contributed by atoms with van der Waals surface area (Å²) in [6, 6.07) is 7.02. The van der Waals surface area contributed by atoms with E-state index in [1.54, 1.807) is 38.3 Å². The molecule has 0 bridgehead atoms. The van der Waals surface area contributed by atoms with Crippen molar-refractivity contribution in [1.82, 2.24) is 19.5 Å². The van der Waals surface area contributed by atoms with Gasteiger partial charge in [0.1, 0.15) is 18.3 Å². The first-order chi connectivity index (χ1) is 19.1. The van der Waals surface area contributed by atoms with E-state index in [0.29, 0.717) is 35.4 Å². The van der Waals surface area contributed by atoms with E-state index >= 15 is 0 Å². The molecule has 11 heteroatoms. The van der Waals surface area contributed by atoms with Crippen LogP contribution in [0.25, 0.3) is 11.4 Å². The number of aromatic nitrogens is 4. The summed E-state index contributed by atoms with van der Waals surface area (Å²) < 4.78 is 57.9. The van der Waals surface area contributed by atoms with E-state index in [2.05, 4.69) is 26.5 Å². The van der Waals surface area contributed by atoms with Gasteiger partial charge in [0.15, 0.2) is 17.2 Å². The Morgan fingerprint density at radius 3 is 2.48 bits per heavy atom. The number of nitrogens with zero attached hydrogens (tertiary/aromatic N) is 5. The van der Waals surface area contributed by atoms with Gasteiger partial charge in [0.2, 0.25) is 5.88 Å². The number of aryl methyl sites for hydroxylation is 1. The van der Waals surface area contributed by atoms with Crippen molar-refractivity contribution in [3.8, 4) is 17.3 Å². The minimum Gasteiger partial charge on any atom is -0.491 e. The van der Waals surface area contributed by atoms with Gasteiger partial charge in [-0.2, -0.15) is 13.2 Å². The molecule has 1 saturated carbocycles. The van der Waals surface area contributed by atoms with Crippen LogP contribution in [0.1, 0.15) is 68.1 Å². The van der Waals surface area contributed by atoms with Crippen LogP contribution in [0.4, 0.5) is 13.2 Å². The minimum atomic E-state index is -4.51. The third-order valence-electron chi connectivity index (χ3n) is 6.60. The number of hydrogen-bond acceptors (Lipinski definition) is 7. The smallest absolute Gasteiger partial charge is 0.434 e. The number of halogens is 3. The van der Waals surface area contributed by atoms with Crippen LogP contribution in [-0.4, -0.2) is 39.5 Å². The molecule has 8 nitrogen and oxygen atoms in total. The molecule has 0 aliphatic heterocycles. The Labute approximate surface area is 231 Å². The van der Waals surface area contributed by atoms with Crippen molar-refractivity contribution in [3.05, 3.63) is 83.6 Å². The Hall–Kier alpha value is -4.15. The molecule has 0 amide bonds. The number of benzene rings is 1. The molecule has 3 aromatic rings. The fourth-order valence-corrected chi connectivity index (χ4v) is 4.27. The molecule has 0 radical (unpaired) electrons. The Balaban J connectivity index is 1.49. The van der Waals surface area contributed by atoms with Gasteiger partial charge in [-0.1, -0.05) is 30.8 Å². The van der Waals surface area contributed by atoms with Crippen LogP contribution in [0.2, 0.25) is 0 Å². The second kappa shape index (κ2) is 11.9. The first-order valence-electron chi connectivity index (χ1n) is 12.9. The van der Waals surface area contributed by atoms with E-state index < -0.39 is 18.0 Å². The molecule has 1 aliphatic rings. The Bertz CT molecular complexity index is 1420. The number of ether oxygens (including phenoxy) is 3. The number of methoxy groups -OCH3 is 2. The van der Waals surface area contributed by atoms with Crippen LogP contribution < -0.4 is 4.74 Å². The first-order valence-corrected chi connectivity index (χ1v) is 12.9. The van der Waals surface area contributed by atoms with Crippen LogP contribution in [-0.2, 0) is 22.2 Å². The van der Waals surface area contributed by atoms with E-state index in [-0.39, 0.29) is 11.6 Å². The van der Waals surface area contributed by atoms with E-state index in [9.17, 15) is 13.2 Å². The average Bonchev–Trinajstić information content (AvgIpc) is 3.69. The van der Waals surface area contributed by atoms with Crippen molar-refractivity contribution >= 4 is 5.71 Å². The summed E-state index contributed by atoms with van der Waals surface area (Å²) in [5, 5.41) is 0. The summed E-state index contributed by atoms with van der Waals surface area (Å²) in [7, 11) is 3.06. The molecule has 2 heterocycles. The molecule has 1 aliphatic carbocycles. The Morgan fingerprint density at radius 2 is 1.90 bits per heavy atom. The minimum absolute atomic E-state index is 0.252. The van der Waals surface area contributed by atoms with E-state index in [1.807, 2.05) is 13.8 Å². The Kier molecular flexibility index (Phi) is 8.61. The zero-order chi connectivity index (χ0) is 29.0. The average molecular weight is 556 g/mol. The fraction of sp³-hybridized carbons (Fsp3) is 0.379. The van der Waals surface area contributed by atoms with Crippen molar-refractivity contribution in [2.45, 2.75) is 58.4 Å². The van der Waals surface area contributed by atoms with Crippen LogP contribution in [0.3, 0.4) is 0 Å². The van der Waals surface area contributed by atoms with Crippen LogP contribution in [0.15, 0.2) is 66.1 Å². The molecule has 1 aromatic carbocycles. The molecule has 1 atom stereocenters. The van der Waals surface area contributed by atoms with Crippen molar-refractivity contribution in [1.29, 1.82) is 0 Å². The van der Waals surface area contributed by atoms with E-state index in [1.165, 1.54) is 24.2 Å². The highest BCUT2D eigenvalue weighted by Crippen LogP contribution is 2.42. The quantitative estimate of drug-likeness (QED) is 0.146. The summed E-state index contributed by atoms with van der Waals surface area (Å²) >= 11 is 0. The number of imidazole rings is 1. The molecular weight excluding hydrogens is 523 g/mol. The van der Waals surface area contributed by atoms with Crippen molar-refractivity contribution < 1.29 is 27.4 Å². The molecule has 0 unspecified atom stereocenters. The summed E-state index contributed by atoms with van der Waals surface area (Å²) in [5.41, 5.74) is 2.81. The highest BCUT2D eigenvalue weighted by Gasteiger charge is 2.35. The molecule has 0 spiro atoms. The predicted molar refractivity (Wildman–Crippen MR) is 145 cm³/mol. The lowest BCUT2D eigenvalue weighted by molar-refractivity contribution is -0.140. The molecule has 1 fully saturated rings. The summed E-state index contributed by atoms with van der Waals surface area (Å²) in [4.78, 5) is 17.1. The summed E-state index contributed by atoms with van der Waals surface area (Å²) in [6.07, 6.45) is 1.26. The largest absolute Gasteiger partial charge is 0.491 e. The van der Waals surface area contributed by atoms with Crippen LogP contribution in [0, 0.1) is 0 Å². The van der Waals surface area contributed by atoms with Gasteiger partial charge in [-0.3, -0.25) is 4.99 Å². The second-order valence-electron chi connectivity index (χ2n) is 9.37. The third-order valence-corrected chi connectivity index (χ3v) is 6.60. The highest BCUT2D eigenvalue weighted by atomic mass is 19.4. The maximum atomic E-state index is 13.2. The molecular formula is C29H32F3N5O3. The molecule has 0 N–H and O–H groups in total. The Morgan fingerprint density at radius 1 is 1.20 bits per heavy atom. The number of rotatable bonds is 11. The molecule has 2 aromatic heterocycles. The molecule has 212 valence electrons. The normalized spacial score (nSPS) is 15.1. The number of aliphatic imine (C=N–C) groups is 1. The van der Waals surface area contributed by atoms with Crippen molar-refractivity contribution in [2.75, 3.05) is 14.2 Å². The standard InChI is InChI=1S/C29H32F3N5O3/c1-7-37-15-24(29(30,31)32)36-27(37)22-12-8-20(9-13-22)18(3)40-19(4)23(38-5)14-33-17(2)25-26(21-10-11-21)34-16-35-28(25)39-6/h8-9,12-16,18,21H,4,7,10-11H2,1-3,5-6H3/b23-14+,33-17?/t18-/m1/s1. The maximum Gasteiger partial charge on any atom is 0.434 e. The zero-order valence-corrected chi connectivity index (χ0v) is 23.1. The van der Waals surface area contributed by atoms with Crippen molar-refractivity contribution in [2.24, 2.45) is 4.99 Å². The lowest BCUT2D eigenvalue weighted by Crippen LogP contribution is -2.08. The lowest BCUT2D eigenvalue weighted by Gasteiger charge is -2.18. The molecule has 4 rings (SSSR count). The van der Waals surface area contributed by atoms with Gasteiger partial charge in [-0.05, 0) is 39.2 Å². The second-order valence-corrected chi connectivity index (χ2v) is 9.37. The van der Waals surface area contributed by atoms with Crippen LogP contribution >= 0.6 is 0 Å². The van der Waals surface area contributed by atoms with Gasteiger partial charge < -0.3 is 18.8 Å². The van der Waals surface area contributed by atoms with Gasteiger partial charge in [0, 0.05) is 24.2 Å². The van der Waals surface area contributed by atoms with Gasteiger partial charge in [-0.25, -0.2) is 15.0 Å². The van der Waals surface area contributed by atoms with E-state index in [4.69, 9.17) is 14.2 Å². The SMILES string of the molecule is C=C(O[C@H](C)c1ccc(-c2nc(C(F)(F)F)cn2CC)cc1)/C(=C\N=C(C)c1c(OC)ncnc1C1CC1)OC. The first kappa shape index (κ1) is 28.8. The van der Waals surface area contributed by atoms with Gasteiger partial charge in [-0.15, -0.1) is 0 Å². The van der Waals surface area contributed by atoms with Gasteiger partial charge in [0.05, 0.1) is 37.4 Å². The topological polar surface area (TPSA) is 83.7 Å². The van der Waals surface area contributed by atoms with Gasteiger partial charge in [0.25, 0.3) is 0 Å². The van der Waals surface area contributed by atoms with Crippen molar-refractivity contribution in [3.63, 3.8) is 0 Å². The fourth-order valence-electron chi connectivity index (χ4n) is 4.27. The molecule has 40 heavy (non-hydrogen) atoms. The number of hydrogen-bond donors (Lipinski definition) is 0. The summed E-state index contributed by atoms with van der Waals surface area (Å²) in [5.74, 6) is 1.69. The predicted octanol–water partition coefficient (Wildman–Crippen LogP) is 6.85. The molecule has 0 saturated heterocycles. The third kappa shape index (κ3) is 6.35. The van der Waals surface area contributed by atoms with Gasteiger partial charge >= 0.3 is 6.18 Å². The monoisotopic (exact) mass is 555 g/mol. The van der Waals surface area contributed by atoms with Crippen LogP contribution in [0.5, 0.6) is 5.88 Å². The van der Waals surface area contributed by atoms with E-state index in [0.717, 1.165) is 35.9 Å². The zero-order valence-electron chi connectivity index (χ0n) is 23.1. The summed E-state index contributed by atoms with van der Waals surface area (Å²) in [6.45, 7) is 9.81. The lowest BCUT2D eigenvalue weighted by atomic mass is 10.1.